The Morgan fingerprint density at radius 1 is 1.22 bits per heavy atom. The Morgan fingerprint density at radius 3 is 2.44 bits per heavy atom. The molecule has 96 valence electrons. The molecule has 0 spiro atoms. The molecule has 2 rings (SSSR count). The van der Waals surface area contributed by atoms with Crippen LogP contribution in [0.15, 0.2) is 24.4 Å². The van der Waals surface area contributed by atoms with Gasteiger partial charge in [0.2, 0.25) is 0 Å². The van der Waals surface area contributed by atoms with Gasteiger partial charge in [-0.3, -0.25) is 4.68 Å². The van der Waals surface area contributed by atoms with Crippen molar-refractivity contribution in [3.05, 3.63) is 45.2 Å². The zero-order chi connectivity index (χ0) is 13.1. The van der Waals surface area contributed by atoms with Crippen molar-refractivity contribution in [2.45, 2.75) is 6.42 Å². The Labute approximate surface area is 121 Å². The van der Waals surface area contributed by atoms with E-state index in [-0.39, 0.29) is 0 Å². The minimum Gasteiger partial charge on any atom is -0.382 e. The van der Waals surface area contributed by atoms with Gasteiger partial charge in [0.1, 0.15) is 0 Å². The summed E-state index contributed by atoms with van der Waals surface area (Å²) in [7, 11) is 1.91. The number of aryl methyl sites for hydroxylation is 1. The molecule has 0 saturated carbocycles. The first-order valence-electron chi connectivity index (χ1n) is 5.43. The minimum atomic E-state index is 0.525. The maximum Gasteiger partial charge on any atom is 0.0720 e. The minimum absolute atomic E-state index is 0.525. The molecular formula is C12H12Cl3N3. The van der Waals surface area contributed by atoms with E-state index in [0.717, 1.165) is 18.7 Å². The molecule has 0 bridgehead atoms. The third kappa shape index (κ3) is 3.10. The third-order valence-corrected chi connectivity index (χ3v) is 3.43. The van der Waals surface area contributed by atoms with Crippen LogP contribution in [0.5, 0.6) is 0 Å². The largest absolute Gasteiger partial charge is 0.382 e. The highest BCUT2D eigenvalue weighted by Gasteiger charge is 2.07. The monoisotopic (exact) mass is 303 g/mol. The fourth-order valence-corrected chi connectivity index (χ4v) is 2.62. The fourth-order valence-electron chi connectivity index (χ4n) is 1.67. The lowest BCUT2D eigenvalue weighted by Gasteiger charge is -2.11. The zero-order valence-electron chi connectivity index (χ0n) is 9.75. The molecule has 1 N–H and O–H groups in total. The second-order valence-corrected chi connectivity index (χ2v) is 5.12. The predicted octanol–water partition coefficient (Wildman–Crippen LogP) is 4.03. The van der Waals surface area contributed by atoms with Crippen molar-refractivity contribution in [3.63, 3.8) is 0 Å². The number of nitrogens with zero attached hydrogens (tertiary/aromatic N) is 2. The molecule has 0 saturated heterocycles. The highest BCUT2D eigenvalue weighted by atomic mass is 35.5. The van der Waals surface area contributed by atoms with Crippen LogP contribution < -0.4 is 5.32 Å². The van der Waals surface area contributed by atoms with Crippen molar-refractivity contribution in [3.8, 4) is 0 Å². The van der Waals surface area contributed by atoms with Gasteiger partial charge in [0.15, 0.2) is 0 Å². The van der Waals surface area contributed by atoms with Crippen LogP contribution in [0.1, 0.15) is 5.69 Å². The van der Waals surface area contributed by atoms with Gasteiger partial charge < -0.3 is 5.32 Å². The zero-order valence-corrected chi connectivity index (χ0v) is 12.0. The number of rotatable bonds is 4. The second kappa shape index (κ2) is 5.83. The topological polar surface area (TPSA) is 29.9 Å². The highest BCUT2D eigenvalue weighted by Crippen LogP contribution is 2.33. The van der Waals surface area contributed by atoms with Gasteiger partial charge in [-0.2, -0.15) is 5.10 Å². The maximum atomic E-state index is 6.08. The van der Waals surface area contributed by atoms with Gasteiger partial charge in [0, 0.05) is 36.9 Å². The second-order valence-electron chi connectivity index (χ2n) is 3.87. The third-order valence-electron chi connectivity index (χ3n) is 2.61. The first-order valence-corrected chi connectivity index (χ1v) is 6.56. The van der Waals surface area contributed by atoms with E-state index in [1.165, 1.54) is 0 Å². The number of nitrogens with one attached hydrogen (secondary N) is 1. The van der Waals surface area contributed by atoms with Gasteiger partial charge in [-0.1, -0.05) is 34.8 Å². The summed E-state index contributed by atoms with van der Waals surface area (Å²) in [4.78, 5) is 0. The van der Waals surface area contributed by atoms with Crippen LogP contribution >= 0.6 is 34.8 Å². The molecule has 6 heteroatoms. The molecule has 1 heterocycles. The number of hydrogen-bond donors (Lipinski definition) is 1. The van der Waals surface area contributed by atoms with Gasteiger partial charge >= 0.3 is 0 Å². The van der Waals surface area contributed by atoms with E-state index in [9.17, 15) is 0 Å². The standard InChI is InChI=1S/C12H12Cl3N3/c1-18-9(3-5-17-18)2-4-16-12-10(14)6-8(13)7-11(12)15/h3,5-7,16H,2,4H2,1H3. The van der Waals surface area contributed by atoms with Gasteiger partial charge in [-0.05, 0) is 18.2 Å². The summed E-state index contributed by atoms with van der Waals surface area (Å²) in [5.74, 6) is 0. The van der Waals surface area contributed by atoms with Gasteiger partial charge in [0.05, 0.1) is 15.7 Å². The molecule has 0 atom stereocenters. The molecule has 0 fully saturated rings. The van der Waals surface area contributed by atoms with Crippen molar-refractivity contribution >= 4 is 40.5 Å². The number of benzene rings is 1. The lowest BCUT2D eigenvalue weighted by molar-refractivity contribution is 0.711. The Kier molecular flexibility index (Phi) is 4.38. The highest BCUT2D eigenvalue weighted by molar-refractivity contribution is 6.41. The van der Waals surface area contributed by atoms with E-state index >= 15 is 0 Å². The first-order chi connectivity index (χ1) is 8.58. The number of aromatic nitrogens is 2. The van der Waals surface area contributed by atoms with Crippen LogP contribution in [0, 0.1) is 0 Å². The Bertz CT molecular complexity index is 528. The molecule has 3 nitrogen and oxygen atoms in total. The van der Waals surface area contributed by atoms with Crippen molar-refractivity contribution < 1.29 is 0 Å². The van der Waals surface area contributed by atoms with Crippen LogP contribution in [0.2, 0.25) is 15.1 Å². The van der Waals surface area contributed by atoms with Crippen LogP contribution in [0.4, 0.5) is 5.69 Å². The molecule has 0 amide bonds. The lowest BCUT2D eigenvalue weighted by atomic mass is 10.2. The summed E-state index contributed by atoms with van der Waals surface area (Å²) in [6.45, 7) is 0.723. The maximum absolute atomic E-state index is 6.08. The van der Waals surface area contributed by atoms with Crippen LogP contribution in [0.3, 0.4) is 0 Å². The molecule has 18 heavy (non-hydrogen) atoms. The predicted molar refractivity (Wildman–Crippen MR) is 76.9 cm³/mol. The molecule has 0 aliphatic rings. The Balaban J connectivity index is 2.01. The van der Waals surface area contributed by atoms with E-state index in [1.54, 1.807) is 18.3 Å². The quantitative estimate of drug-likeness (QED) is 0.924. The fraction of sp³-hybridized carbons (Fsp3) is 0.250. The van der Waals surface area contributed by atoms with E-state index in [2.05, 4.69) is 10.4 Å². The average Bonchev–Trinajstić information content (AvgIpc) is 2.68. The lowest BCUT2D eigenvalue weighted by Crippen LogP contribution is -2.08. The summed E-state index contributed by atoms with van der Waals surface area (Å²) in [5, 5.41) is 8.90. The SMILES string of the molecule is Cn1nccc1CCNc1c(Cl)cc(Cl)cc1Cl. The Morgan fingerprint density at radius 2 is 1.89 bits per heavy atom. The van der Waals surface area contributed by atoms with Gasteiger partial charge in [0.25, 0.3) is 0 Å². The molecule has 0 radical (unpaired) electrons. The molecular weight excluding hydrogens is 293 g/mol. The van der Waals surface area contributed by atoms with E-state index < -0.39 is 0 Å². The van der Waals surface area contributed by atoms with Crippen molar-refractivity contribution in [2.75, 3.05) is 11.9 Å². The van der Waals surface area contributed by atoms with Crippen LogP contribution in [0.25, 0.3) is 0 Å². The van der Waals surface area contributed by atoms with Crippen molar-refractivity contribution in [2.24, 2.45) is 7.05 Å². The van der Waals surface area contributed by atoms with Crippen molar-refractivity contribution in [1.82, 2.24) is 9.78 Å². The van der Waals surface area contributed by atoms with Gasteiger partial charge in [-0.25, -0.2) is 0 Å². The molecule has 1 aromatic carbocycles. The number of anilines is 1. The smallest absolute Gasteiger partial charge is 0.0720 e. The van der Waals surface area contributed by atoms with E-state index in [1.807, 2.05) is 17.8 Å². The number of halogens is 3. The normalized spacial score (nSPS) is 10.7. The summed E-state index contributed by atoms with van der Waals surface area (Å²) in [6.07, 6.45) is 2.61. The van der Waals surface area contributed by atoms with Crippen LogP contribution in [-0.4, -0.2) is 16.3 Å². The summed E-state index contributed by atoms with van der Waals surface area (Å²) < 4.78 is 1.84. The van der Waals surface area contributed by atoms with Crippen LogP contribution in [-0.2, 0) is 13.5 Å². The molecule has 0 aliphatic heterocycles. The summed E-state index contributed by atoms with van der Waals surface area (Å²) in [5.41, 5.74) is 1.86. The first kappa shape index (κ1) is 13.5. The van der Waals surface area contributed by atoms with E-state index in [0.29, 0.717) is 20.8 Å². The Hall–Kier alpha value is -0.900. The van der Waals surface area contributed by atoms with Crippen molar-refractivity contribution in [1.29, 1.82) is 0 Å². The van der Waals surface area contributed by atoms with Gasteiger partial charge in [-0.15, -0.1) is 0 Å². The summed E-state index contributed by atoms with van der Waals surface area (Å²) in [6, 6.07) is 5.32. The van der Waals surface area contributed by atoms with E-state index in [4.69, 9.17) is 34.8 Å². The summed E-state index contributed by atoms with van der Waals surface area (Å²) >= 11 is 18.0. The molecule has 0 unspecified atom stereocenters. The molecule has 0 aliphatic carbocycles. The molecule has 1 aromatic heterocycles. The molecule has 2 aromatic rings. The average molecular weight is 305 g/mol. The number of hydrogen-bond acceptors (Lipinski definition) is 2.